The van der Waals surface area contributed by atoms with Crippen molar-refractivity contribution in [2.24, 2.45) is 0 Å². The summed E-state index contributed by atoms with van der Waals surface area (Å²) in [6.45, 7) is 6.00. The Kier molecular flexibility index (Phi) is 4.45. The molecule has 1 N–H and O–H groups in total. The van der Waals surface area contributed by atoms with Gasteiger partial charge in [0.15, 0.2) is 5.82 Å². The number of benzene rings is 2. The second-order valence-corrected chi connectivity index (χ2v) is 7.44. The predicted octanol–water partition coefficient (Wildman–Crippen LogP) is 4.28. The first-order valence-electron chi connectivity index (χ1n) is 8.74. The molecule has 136 valence electrons. The lowest BCUT2D eigenvalue weighted by molar-refractivity contribution is 0.102. The Morgan fingerprint density at radius 3 is 2.63 bits per heavy atom. The second-order valence-electron chi connectivity index (χ2n) is 6.48. The van der Waals surface area contributed by atoms with Gasteiger partial charge in [-0.25, -0.2) is 0 Å². The summed E-state index contributed by atoms with van der Waals surface area (Å²) in [6, 6.07) is 13.5. The number of aryl methyl sites for hydroxylation is 3. The normalized spacial score (nSPS) is 11.1. The molecule has 0 saturated carbocycles. The molecule has 0 saturated heterocycles. The van der Waals surface area contributed by atoms with E-state index in [-0.39, 0.29) is 5.91 Å². The van der Waals surface area contributed by atoms with E-state index >= 15 is 0 Å². The van der Waals surface area contributed by atoms with Gasteiger partial charge in [-0.1, -0.05) is 47.6 Å². The number of hydrogen-bond donors (Lipinski definition) is 1. The van der Waals surface area contributed by atoms with Gasteiger partial charge >= 0.3 is 0 Å². The molecular weight excluding hydrogens is 358 g/mol. The Morgan fingerprint density at radius 1 is 1.11 bits per heavy atom. The number of amides is 1. The fourth-order valence-electron chi connectivity index (χ4n) is 3.03. The van der Waals surface area contributed by atoms with Crippen LogP contribution in [-0.2, 0) is 6.42 Å². The highest BCUT2D eigenvalue weighted by atomic mass is 32.1. The molecule has 0 spiro atoms. The third-order valence-electron chi connectivity index (χ3n) is 4.22. The van der Waals surface area contributed by atoms with Crippen molar-refractivity contribution in [1.29, 1.82) is 0 Å². The average molecular weight is 377 g/mol. The molecule has 6 nitrogen and oxygen atoms in total. The highest BCUT2D eigenvalue weighted by Gasteiger charge is 2.13. The van der Waals surface area contributed by atoms with E-state index in [1.807, 2.05) is 57.2 Å². The summed E-state index contributed by atoms with van der Waals surface area (Å²) in [5.41, 5.74) is 4.47. The number of fused-ring (bicyclic) bond motifs is 1. The van der Waals surface area contributed by atoms with Crippen LogP contribution in [0.4, 0.5) is 5.69 Å². The summed E-state index contributed by atoms with van der Waals surface area (Å²) in [4.78, 5) is 13.4. The average Bonchev–Trinajstić information content (AvgIpc) is 3.21. The van der Waals surface area contributed by atoms with E-state index in [0.717, 1.165) is 44.6 Å². The molecule has 0 radical (unpaired) electrons. The molecule has 0 atom stereocenters. The zero-order valence-corrected chi connectivity index (χ0v) is 16.2. The highest BCUT2D eigenvalue weighted by Crippen LogP contribution is 2.27. The van der Waals surface area contributed by atoms with E-state index in [4.69, 9.17) is 0 Å². The Bertz CT molecular complexity index is 1120. The van der Waals surface area contributed by atoms with Crippen molar-refractivity contribution in [2.75, 3.05) is 5.32 Å². The third kappa shape index (κ3) is 3.46. The molecule has 0 unspecified atom stereocenters. The first kappa shape index (κ1) is 17.4. The standard InChI is InChI=1S/C20H19N5OS/c1-4-17-22-23-20-25(17)24-19(27-20)14-6-5-7-16(11-14)21-18(26)15-9-12(2)8-13(3)10-15/h5-11H,4H2,1-3H3,(H,21,26). The number of carbonyl (C=O) groups excluding carboxylic acids is 1. The molecule has 0 fully saturated rings. The van der Waals surface area contributed by atoms with Gasteiger partial charge < -0.3 is 5.32 Å². The molecule has 2 aromatic heterocycles. The SMILES string of the molecule is CCc1nnc2sc(-c3cccc(NC(=O)c4cc(C)cc(C)c4)c3)nn12. The zero-order valence-electron chi connectivity index (χ0n) is 15.4. The van der Waals surface area contributed by atoms with E-state index in [1.165, 1.54) is 11.3 Å². The van der Waals surface area contributed by atoms with Crippen LogP contribution < -0.4 is 5.32 Å². The minimum Gasteiger partial charge on any atom is -0.322 e. The van der Waals surface area contributed by atoms with Gasteiger partial charge in [-0.05, 0) is 38.1 Å². The summed E-state index contributed by atoms with van der Waals surface area (Å²) in [5, 5.41) is 16.7. The van der Waals surface area contributed by atoms with E-state index in [0.29, 0.717) is 5.56 Å². The summed E-state index contributed by atoms with van der Waals surface area (Å²) in [5.74, 6) is 0.720. The Hall–Kier alpha value is -3.06. The highest BCUT2D eigenvalue weighted by molar-refractivity contribution is 7.19. The fourth-order valence-corrected chi connectivity index (χ4v) is 3.89. The minimum atomic E-state index is -0.120. The van der Waals surface area contributed by atoms with Crippen LogP contribution in [-0.4, -0.2) is 25.7 Å². The Labute approximate surface area is 160 Å². The molecule has 2 heterocycles. The van der Waals surface area contributed by atoms with Gasteiger partial charge in [0, 0.05) is 23.2 Å². The van der Waals surface area contributed by atoms with E-state index in [2.05, 4.69) is 26.7 Å². The number of nitrogens with zero attached hydrogens (tertiary/aromatic N) is 4. The number of rotatable bonds is 4. The van der Waals surface area contributed by atoms with Gasteiger partial charge in [0.2, 0.25) is 4.96 Å². The van der Waals surface area contributed by atoms with Gasteiger partial charge in [-0.15, -0.1) is 10.2 Å². The zero-order chi connectivity index (χ0) is 19.0. The van der Waals surface area contributed by atoms with Crippen molar-refractivity contribution in [3.63, 3.8) is 0 Å². The van der Waals surface area contributed by atoms with Crippen LogP contribution in [0.2, 0.25) is 0 Å². The number of aromatic nitrogens is 4. The molecule has 4 rings (SSSR count). The van der Waals surface area contributed by atoms with Crippen LogP contribution in [0, 0.1) is 13.8 Å². The van der Waals surface area contributed by atoms with Crippen molar-refractivity contribution in [3.05, 3.63) is 65.0 Å². The van der Waals surface area contributed by atoms with E-state index in [9.17, 15) is 4.79 Å². The van der Waals surface area contributed by atoms with Crippen LogP contribution in [0.1, 0.15) is 34.2 Å². The van der Waals surface area contributed by atoms with Crippen LogP contribution in [0.5, 0.6) is 0 Å². The number of anilines is 1. The largest absolute Gasteiger partial charge is 0.322 e. The first-order valence-corrected chi connectivity index (χ1v) is 9.56. The van der Waals surface area contributed by atoms with Crippen LogP contribution in [0.15, 0.2) is 42.5 Å². The van der Waals surface area contributed by atoms with Gasteiger partial charge in [0.1, 0.15) is 5.01 Å². The van der Waals surface area contributed by atoms with E-state index < -0.39 is 0 Å². The minimum absolute atomic E-state index is 0.120. The molecule has 0 aliphatic rings. The summed E-state index contributed by atoms with van der Waals surface area (Å²) < 4.78 is 1.78. The smallest absolute Gasteiger partial charge is 0.255 e. The summed E-state index contributed by atoms with van der Waals surface area (Å²) in [6.07, 6.45) is 0.774. The molecule has 4 aromatic rings. The van der Waals surface area contributed by atoms with Crippen LogP contribution in [0.25, 0.3) is 15.5 Å². The van der Waals surface area contributed by atoms with Crippen LogP contribution >= 0.6 is 11.3 Å². The fraction of sp³-hybridized carbons (Fsp3) is 0.200. The third-order valence-corrected chi connectivity index (χ3v) is 5.17. The molecule has 7 heteroatoms. The second kappa shape index (κ2) is 6.92. The molecular formula is C20H19N5OS. The lowest BCUT2D eigenvalue weighted by Crippen LogP contribution is -2.12. The van der Waals surface area contributed by atoms with Crippen molar-refractivity contribution < 1.29 is 4.79 Å². The number of hydrogen-bond acceptors (Lipinski definition) is 5. The maximum absolute atomic E-state index is 12.6. The maximum Gasteiger partial charge on any atom is 0.255 e. The van der Waals surface area contributed by atoms with Crippen molar-refractivity contribution in [3.8, 4) is 10.6 Å². The van der Waals surface area contributed by atoms with E-state index in [1.54, 1.807) is 4.52 Å². The molecule has 0 aliphatic heterocycles. The monoisotopic (exact) mass is 377 g/mol. The van der Waals surface area contributed by atoms with Gasteiger partial charge in [0.05, 0.1) is 0 Å². The molecule has 27 heavy (non-hydrogen) atoms. The van der Waals surface area contributed by atoms with Crippen molar-refractivity contribution in [1.82, 2.24) is 19.8 Å². The van der Waals surface area contributed by atoms with Crippen LogP contribution in [0.3, 0.4) is 0 Å². The lowest BCUT2D eigenvalue weighted by atomic mass is 10.1. The first-order chi connectivity index (χ1) is 13.0. The maximum atomic E-state index is 12.6. The van der Waals surface area contributed by atoms with Gasteiger partial charge in [0.25, 0.3) is 5.91 Å². The number of nitrogens with one attached hydrogen (secondary N) is 1. The van der Waals surface area contributed by atoms with Crippen molar-refractivity contribution >= 4 is 27.9 Å². The topological polar surface area (TPSA) is 72.2 Å². The van der Waals surface area contributed by atoms with Gasteiger partial charge in [-0.3, -0.25) is 4.79 Å². The Morgan fingerprint density at radius 2 is 1.89 bits per heavy atom. The molecule has 2 aromatic carbocycles. The predicted molar refractivity (Wildman–Crippen MR) is 107 cm³/mol. The van der Waals surface area contributed by atoms with Gasteiger partial charge in [-0.2, -0.15) is 9.61 Å². The summed E-state index contributed by atoms with van der Waals surface area (Å²) >= 11 is 1.48. The Balaban J connectivity index is 1.61. The summed E-state index contributed by atoms with van der Waals surface area (Å²) in [7, 11) is 0. The molecule has 0 aliphatic carbocycles. The quantitative estimate of drug-likeness (QED) is 0.576. The lowest BCUT2D eigenvalue weighted by Gasteiger charge is -2.08. The number of carbonyl (C=O) groups is 1. The van der Waals surface area contributed by atoms with Crippen molar-refractivity contribution in [2.45, 2.75) is 27.2 Å². The molecule has 0 bridgehead atoms. The molecule has 1 amide bonds.